The molecule has 1 spiro atoms. The third-order valence-corrected chi connectivity index (χ3v) is 7.38. The van der Waals surface area contributed by atoms with Crippen LogP contribution in [-0.4, -0.2) is 48.7 Å². The summed E-state index contributed by atoms with van der Waals surface area (Å²) in [5, 5.41) is 3.17. The molecule has 3 saturated heterocycles. The summed E-state index contributed by atoms with van der Waals surface area (Å²) < 4.78 is 12.0. The Kier molecular flexibility index (Phi) is 3.94. The van der Waals surface area contributed by atoms with Gasteiger partial charge in [0, 0.05) is 38.0 Å². The summed E-state index contributed by atoms with van der Waals surface area (Å²) in [5.41, 5.74) is 0.741. The largest absolute Gasteiger partial charge is 0.466 e. The van der Waals surface area contributed by atoms with E-state index in [1.54, 1.807) is 0 Å². The molecule has 5 nitrogen and oxygen atoms in total. The van der Waals surface area contributed by atoms with Crippen molar-refractivity contribution in [3.8, 4) is 0 Å². The average Bonchev–Trinajstić information content (AvgIpc) is 3.28. The number of fused-ring (bicyclic) bond motifs is 1. The Hall–Kier alpha value is -1.33. The molecule has 1 aromatic heterocycles. The van der Waals surface area contributed by atoms with Crippen LogP contribution in [0.15, 0.2) is 10.5 Å². The minimum absolute atomic E-state index is 0.0134. The number of aryl methyl sites for hydroxylation is 2. The fourth-order valence-electron chi connectivity index (χ4n) is 5.90. The Labute approximate surface area is 155 Å². The van der Waals surface area contributed by atoms with Gasteiger partial charge in [-0.3, -0.25) is 9.69 Å². The van der Waals surface area contributed by atoms with E-state index in [1.165, 1.54) is 32.2 Å². The van der Waals surface area contributed by atoms with Gasteiger partial charge >= 0.3 is 0 Å². The maximum Gasteiger partial charge on any atom is 0.254 e. The van der Waals surface area contributed by atoms with Gasteiger partial charge in [-0.1, -0.05) is 6.42 Å². The molecule has 2 bridgehead atoms. The van der Waals surface area contributed by atoms with Crippen molar-refractivity contribution in [2.45, 2.75) is 57.7 Å². The number of likely N-dealkylation sites (tertiary alicyclic amines) is 1. The minimum Gasteiger partial charge on any atom is -0.466 e. The molecule has 142 valence electrons. The van der Waals surface area contributed by atoms with Crippen LogP contribution in [0, 0.1) is 31.6 Å². The van der Waals surface area contributed by atoms with Crippen molar-refractivity contribution >= 4 is 5.91 Å². The van der Waals surface area contributed by atoms with Crippen LogP contribution < -0.4 is 5.32 Å². The molecule has 26 heavy (non-hydrogen) atoms. The molecule has 4 aliphatic rings. The molecule has 4 atom stereocenters. The van der Waals surface area contributed by atoms with Crippen LogP contribution >= 0.6 is 0 Å². The molecule has 5 heteroatoms. The van der Waals surface area contributed by atoms with Gasteiger partial charge in [-0.15, -0.1) is 0 Å². The first kappa shape index (κ1) is 16.8. The smallest absolute Gasteiger partial charge is 0.254 e. The highest BCUT2D eigenvalue weighted by molar-refractivity contribution is 5.95. The first-order valence-corrected chi connectivity index (χ1v) is 10.3. The summed E-state index contributed by atoms with van der Waals surface area (Å²) in [4.78, 5) is 15.2. The number of nitrogens with zero attached hydrogens (tertiary/aromatic N) is 1. The van der Waals surface area contributed by atoms with Crippen LogP contribution in [0.5, 0.6) is 0 Å². The molecule has 0 unspecified atom stereocenters. The molecule has 1 N–H and O–H groups in total. The number of rotatable bonds is 5. The minimum atomic E-state index is -0.0134. The zero-order valence-electron chi connectivity index (χ0n) is 15.9. The van der Waals surface area contributed by atoms with Crippen LogP contribution in [0.4, 0.5) is 0 Å². The third-order valence-electron chi connectivity index (χ3n) is 7.38. The Morgan fingerprint density at radius 1 is 1.35 bits per heavy atom. The Morgan fingerprint density at radius 2 is 2.19 bits per heavy atom. The van der Waals surface area contributed by atoms with E-state index in [4.69, 9.17) is 9.15 Å². The van der Waals surface area contributed by atoms with E-state index in [1.807, 2.05) is 19.9 Å². The second kappa shape index (κ2) is 6.10. The molecule has 1 saturated carbocycles. The summed E-state index contributed by atoms with van der Waals surface area (Å²) in [6.45, 7) is 7.96. The zero-order valence-corrected chi connectivity index (χ0v) is 15.9. The number of hydrogen-bond donors (Lipinski definition) is 1. The standard InChI is InChI=1S/C21H30N2O3/c1-13-8-16(14(2)25-13)20(24)22-9-17-18-11-23(10-15-4-3-5-15)12-21(18)7-6-19(17)26-21/h8,15,17-19H,3-7,9-12H2,1-2H3,(H,22,24)/t17-,18+,19+,21+/m0/s1. The van der Waals surface area contributed by atoms with Crippen LogP contribution in [0.3, 0.4) is 0 Å². The van der Waals surface area contributed by atoms with Gasteiger partial charge in [0.25, 0.3) is 5.91 Å². The van der Waals surface area contributed by atoms with Gasteiger partial charge < -0.3 is 14.5 Å². The summed E-state index contributed by atoms with van der Waals surface area (Å²) in [7, 11) is 0. The van der Waals surface area contributed by atoms with Crippen molar-refractivity contribution in [2.24, 2.45) is 17.8 Å². The summed E-state index contributed by atoms with van der Waals surface area (Å²) in [6, 6.07) is 1.83. The maximum atomic E-state index is 12.6. The van der Waals surface area contributed by atoms with Crippen molar-refractivity contribution in [3.63, 3.8) is 0 Å². The van der Waals surface area contributed by atoms with E-state index in [0.717, 1.165) is 37.7 Å². The number of furan rings is 1. The van der Waals surface area contributed by atoms with E-state index in [0.29, 0.717) is 29.3 Å². The van der Waals surface area contributed by atoms with Crippen molar-refractivity contribution < 1.29 is 13.9 Å². The van der Waals surface area contributed by atoms with E-state index < -0.39 is 0 Å². The fraction of sp³-hybridized carbons (Fsp3) is 0.762. The maximum absolute atomic E-state index is 12.6. The van der Waals surface area contributed by atoms with E-state index >= 15 is 0 Å². The molecule has 1 aliphatic carbocycles. The van der Waals surface area contributed by atoms with Gasteiger partial charge in [0.15, 0.2) is 0 Å². The summed E-state index contributed by atoms with van der Waals surface area (Å²) >= 11 is 0. The Morgan fingerprint density at radius 3 is 2.88 bits per heavy atom. The van der Waals surface area contributed by atoms with Crippen LogP contribution in [-0.2, 0) is 4.74 Å². The molecule has 3 aliphatic heterocycles. The molecule has 1 amide bonds. The van der Waals surface area contributed by atoms with Crippen LogP contribution in [0.2, 0.25) is 0 Å². The SMILES string of the molecule is Cc1cc(C(=O)NC[C@H]2[C@H]3CN(CC4CCC4)C[C@]34CC[C@H]2O4)c(C)o1. The first-order chi connectivity index (χ1) is 12.5. The average molecular weight is 358 g/mol. The molecular weight excluding hydrogens is 328 g/mol. The topological polar surface area (TPSA) is 54.7 Å². The molecule has 4 heterocycles. The normalized spacial score (nSPS) is 36.3. The number of carbonyl (C=O) groups is 1. The van der Waals surface area contributed by atoms with E-state index in [-0.39, 0.29) is 11.5 Å². The van der Waals surface area contributed by atoms with Gasteiger partial charge in [-0.05, 0) is 51.5 Å². The number of ether oxygens (including phenoxy) is 1. The molecule has 5 rings (SSSR count). The number of hydrogen-bond acceptors (Lipinski definition) is 4. The molecule has 1 aromatic rings. The lowest BCUT2D eigenvalue weighted by Gasteiger charge is -2.31. The van der Waals surface area contributed by atoms with Crippen molar-refractivity contribution in [3.05, 3.63) is 23.2 Å². The third kappa shape index (κ3) is 2.63. The lowest BCUT2D eigenvalue weighted by Crippen LogP contribution is -2.41. The van der Waals surface area contributed by atoms with E-state index in [2.05, 4.69) is 10.2 Å². The highest BCUT2D eigenvalue weighted by atomic mass is 16.5. The first-order valence-electron chi connectivity index (χ1n) is 10.3. The molecule has 0 aromatic carbocycles. The predicted octanol–water partition coefficient (Wildman–Crippen LogP) is 2.91. The van der Waals surface area contributed by atoms with Crippen LogP contribution in [0.25, 0.3) is 0 Å². The Bertz CT molecular complexity index is 710. The number of carbonyl (C=O) groups excluding carboxylic acids is 1. The number of nitrogens with one attached hydrogen (secondary N) is 1. The van der Waals surface area contributed by atoms with Gasteiger partial charge in [0.1, 0.15) is 11.5 Å². The lowest BCUT2D eigenvalue weighted by molar-refractivity contribution is 0.000542. The second-order valence-electron chi connectivity index (χ2n) is 9.06. The Balaban J connectivity index is 1.23. The quantitative estimate of drug-likeness (QED) is 0.879. The van der Waals surface area contributed by atoms with Crippen LogP contribution in [0.1, 0.15) is 54.0 Å². The van der Waals surface area contributed by atoms with Crippen molar-refractivity contribution in [1.29, 1.82) is 0 Å². The molecule has 0 radical (unpaired) electrons. The zero-order chi connectivity index (χ0) is 17.9. The fourth-order valence-corrected chi connectivity index (χ4v) is 5.90. The van der Waals surface area contributed by atoms with Gasteiger partial charge in [-0.25, -0.2) is 0 Å². The van der Waals surface area contributed by atoms with Gasteiger partial charge in [0.2, 0.25) is 0 Å². The summed E-state index contributed by atoms with van der Waals surface area (Å²) in [6.07, 6.45) is 6.90. The highest BCUT2D eigenvalue weighted by Gasteiger charge is 2.62. The van der Waals surface area contributed by atoms with Gasteiger partial charge in [0.05, 0.1) is 17.3 Å². The lowest BCUT2D eigenvalue weighted by atomic mass is 9.73. The monoisotopic (exact) mass is 358 g/mol. The highest BCUT2D eigenvalue weighted by Crippen LogP contribution is 2.54. The van der Waals surface area contributed by atoms with Gasteiger partial charge in [-0.2, -0.15) is 0 Å². The summed E-state index contributed by atoms with van der Waals surface area (Å²) in [5.74, 6) is 3.42. The predicted molar refractivity (Wildman–Crippen MR) is 98.1 cm³/mol. The van der Waals surface area contributed by atoms with Crippen molar-refractivity contribution in [2.75, 3.05) is 26.2 Å². The van der Waals surface area contributed by atoms with E-state index in [9.17, 15) is 4.79 Å². The number of amides is 1. The molecule has 4 fully saturated rings. The molecular formula is C21H30N2O3. The second-order valence-corrected chi connectivity index (χ2v) is 9.06. The van der Waals surface area contributed by atoms with Crippen molar-refractivity contribution in [1.82, 2.24) is 10.2 Å².